The van der Waals surface area contributed by atoms with Gasteiger partial charge < -0.3 is 10.6 Å². The standard InChI is InChI=1S/C18H22N2O.ClH/c1-20(18(21)12-7-13-19)14-16-10-5-6-11-17(16)15-8-3-2-4-9-15;/h2-6,8-11H,7,12-14,19H2,1H3;1H. The van der Waals surface area contributed by atoms with E-state index in [0.29, 0.717) is 19.5 Å². The van der Waals surface area contributed by atoms with Crippen molar-refractivity contribution in [3.63, 3.8) is 0 Å². The Morgan fingerprint density at radius 2 is 1.68 bits per heavy atom. The van der Waals surface area contributed by atoms with Crippen LogP contribution in [0.2, 0.25) is 0 Å². The van der Waals surface area contributed by atoms with Crippen molar-refractivity contribution in [2.24, 2.45) is 5.73 Å². The van der Waals surface area contributed by atoms with E-state index in [1.165, 1.54) is 11.1 Å². The van der Waals surface area contributed by atoms with Crippen molar-refractivity contribution >= 4 is 18.3 Å². The van der Waals surface area contributed by atoms with E-state index in [4.69, 9.17) is 5.73 Å². The molecule has 2 aromatic rings. The summed E-state index contributed by atoms with van der Waals surface area (Å²) < 4.78 is 0. The van der Waals surface area contributed by atoms with Crippen LogP contribution < -0.4 is 5.73 Å². The number of halogens is 1. The van der Waals surface area contributed by atoms with Crippen molar-refractivity contribution in [2.45, 2.75) is 19.4 Å². The van der Waals surface area contributed by atoms with Crippen molar-refractivity contribution < 1.29 is 4.79 Å². The van der Waals surface area contributed by atoms with E-state index < -0.39 is 0 Å². The molecule has 0 heterocycles. The number of amides is 1. The Bertz CT molecular complexity index is 587. The number of hydrogen-bond acceptors (Lipinski definition) is 2. The fraction of sp³-hybridized carbons (Fsp3) is 0.278. The van der Waals surface area contributed by atoms with Gasteiger partial charge in [0.15, 0.2) is 0 Å². The van der Waals surface area contributed by atoms with Crippen molar-refractivity contribution in [3.05, 3.63) is 60.2 Å². The average molecular weight is 319 g/mol. The molecule has 0 saturated heterocycles. The van der Waals surface area contributed by atoms with Crippen LogP contribution >= 0.6 is 12.4 Å². The predicted octanol–water partition coefficient (Wildman–Crippen LogP) is 3.47. The van der Waals surface area contributed by atoms with Crippen LogP contribution in [-0.2, 0) is 11.3 Å². The van der Waals surface area contributed by atoms with Crippen LogP contribution in [-0.4, -0.2) is 24.4 Å². The highest BCUT2D eigenvalue weighted by molar-refractivity contribution is 5.85. The number of rotatable bonds is 6. The van der Waals surface area contributed by atoms with Crippen LogP contribution in [0.1, 0.15) is 18.4 Å². The quantitative estimate of drug-likeness (QED) is 0.886. The van der Waals surface area contributed by atoms with Gasteiger partial charge in [0.2, 0.25) is 5.91 Å². The summed E-state index contributed by atoms with van der Waals surface area (Å²) in [6.07, 6.45) is 1.25. The molecule has 0 fully saturated rings. The van der Waals surface area contributed by atoms with Crippen LogP contribution in [0, 0.1) is 0 Å². The summed E-state index contributed by atoms with van der Waals surface area (Å²) in [5.41, 5.74) is 8.97. The highest BCUT2D eigenvalue weighted by Crippen LogP contribution is 2.24. The van der Waals surface area contributed by atoms with Gasteiger partial charge >= 0.3 is 0 Å². The fourth-order valence-electron chi connectivity index (χ4n) is 2.35. The van der Waals surface area contributed by atoms with Crippen LogP contribution in [0.5, 0.6) is 0 Å². The lowest BCUT2D eigenvalue weighted by atomic mass is 9.99. The predicted molar refractivity (Wildman–Crippen MR) is 93.9 cm³/mol. The van der Waals surface area contributed by atoms with Crippen molar-refractivity contribution in [3.8, 4) is 11.1 Å². The maximum atomic E-state index is 12.0. The highest BCUT2D eigenvalue weighted by atomic mass is 35.5. The maximum Gasteiger partial charge on any atom is 0.222 e. The topological polar surface area (TPSA) is 46.3 Å². The molecular formula is C18H23ClN2O. The minimum atomic E-state index is 0. The molecule has 0 radical (unpaired) electrons. The van der Waals surface area contributed by atoms with Gasteiger partial charge in [0.05, 0.1) is 0 Å². The molecule has 0 aromatic heterocycles. The largest absolute Gasteiger partial charge is 0.341 e. The van der Waals surface area contributed by atoms with Crippen LogP contribution in [0.15, 0.2) is 54.6 Å². The highest BCUT2D eigenvalue weighted by Gasteiger charge is 2.11. The van der Waals surface area contributed by atoms with Crippen molar-refractivity contribution in [1.82, 2.24) is 4.90 Å². The minimum Gasteiger partial charge on any atom is -0.341 e. The molecule has 0 atom stereocenters. The number of hydrogen-bond donors (Lipinski definition) is 1. The van der Waals surface area contributed by atoms with Gasteiger partial charge in [0, 0.05) is 20.0 Å². The Balaban J connectivity index is 0.00000242. The third kappa shape index (κ3) is 4.86. The zero-order valence-corrected chi connectivity index (χ0v) is 13.7. The summed E-state index contributed by atoms with van der Waals surface area (Å²) in [4.78, 5) is 13.8. The SMILES string of the molecule is CN(Cc1ccccc1-c1ccccc1)C(=O)CCCN.Cl. The second-order valence-electron chi connectivity index (χ2n) is 5.17. The molecule has 118 valence electrons. The molecule has 4 heteroatoms. The lowest BCUT2D eigenvalue weighted by Gasteiger charge is -2.19. The van der Waals surface area contributed by atoms with Gasteiger partial charge in [-0.15, -0.1) is 12.4 Å². The first-order valence-corrected chi connectivity index (χ1v) is 7.29. The van der Waals surface area contributed by atoms with Gasteiger partial charge in [-0.25, -0.2) is 0 Å². The number of benzene rings is 2. The van der Waals surface area contributed by atoms with Gasteiger partial charge in [-0.1, -0.05) is 54.6 Å². The lowest BCUT2D eigenvalue weighted by molar-refractivity contribution is -0.130. The maximum absolute atomic E-state index is 12.0. The van der Waals surface area contributed by atoms with Crippen LogP contribution in [0.3, 0.4) is 0 Å². The second kappa shape index (κ2) is 9.23. The van der Waals surface area contributed by atoms with Crippen LogP contribution in [0.4, 0.5) is 0 Å². The summed E-state index contributed by atoms with van der Waals surface area (Å²) in [5, 5.41) is 0. The van der Waals surface area contributed by atoms with E-state index in [2.05, 4.69) is 24.3 Å². The van der Waals surface area contributed by atoms with E-state index in [1.807, 2.05) is 37.4 Å². The Kier molecular flexibility index (Phi) is 7.64. The molecule has 2 aromatic carbocycles. The zero-order chi connectivity index (χ0) is 15.1. The Morgan fingerprint density at radius 3 is 2.36 bits per heavy atom. The van der Waals surface area contributed by atoms with Crippen molar-refractivity contribution in [2.75, 3.05) is 13.6 Å². The van der Waals surface area contributed by atoms with Crippen molar-refractivity contribution in [1.29, 1.82) is 0 Å². The fourth-order valence-corrected chi connectivity index (χ4v) is 2.35. The molecule has 2 rings (SSSR count). The number of nitrogens with zero attached hydrogens (tertiary/aromatic N) is 1. The van der Waals surface area contributed by atoms with E-state index in [-0.39, 0.29) is 18.3 Å². The summed E-state index contributed by atoms with van der Waals surface area (Å²) in [5.74, 6) is 0.142. The zero-order valence-electron chi connectivity index (χ0n) is 12.9. The molecular weight excluding hydrogens is 296 g/mol. The van der Waals surface area contributed by atoms with E-state index in [1.54, 1.807) is 4.90 Å². The average Bonchev–Trinajstić information content (AvgIpc) is 2.54. The third-order valence-corrected chi connectivity index (χ3v) is 3.53. The van der Waals surface area contributed by atoms with Gasteiger partial charge in [-0.2, -0.15) is 0 Å². The first-order chi connectivity index (χ1) is 10.2. The minimum absolute atomic E-state index is 0. The molecule has 22 heavy (non-hydrogen) atoms. The van der Waals surface area contributed by atoms with Gasteiger partial charge in [0.1, 0.15) is 0 Å². The molecule has 0 aliphatic rings. The molecule has 0 aliphatic heterocycles. The molecule has 0 unspecified atom stereocenters. The summed E-state index contributed by atoms with van der Waals surface area (Å²) in [7, 11) is 1.85. The lowest BCUT2D eigenvalue weighted by Crippen LogP contribution is -2.26. The van der Waals surface area contributed by atoms with Gasteiger partial charge in [0.25, 0.3) is 0 Å². The summed E-state index contributed by atoms with van der Waals surface area (Å²) in [6, 6.07) is 18.5. The van der Waals surface area contributed by atoms with E-state index >= 15 is 0 Å². The van der Waals surface area contributed by atoms with E-state index in [0.717, 1.165) is 12.0 Å². The molecule has 0 aliphatic carbocycles. The van der Waals surface area contributed by atoms with Crippen LogP contribution in [0.25, 0.3) is 11.1 Å². The molecule has 0 bridgehead atoms. The first-order valence-electron chi connectivity index (χ1n) is 7.29. The molecule has 0 saturated carbocycles. The monoisotopic (exact) mass is 318 g/mol. The smallest absolute Gasteiger partial charge is 0.222 e. The van der Waals surface area contributed by atoms with E-state index in [9.17, 15) is 4.79 Å². The summed E-state index contributed by atoms with van der Waals surface area (Å²) >= 11 is 0. The number of carbonyl (C=O) groups excluding carboxylic acids is 1. The number of nitrogens with two attached hydrogens (primary N) is 1. The normalized spacial score (nSPS) is 9.91. The molecule has 1 amide bonds. The second-order valence-corrected chi connectivity index (χ2v) is 5.17. The summed E-state index contributed by atoms with van der Waals surface area (Å²) in [6.45, 7) is 1.18. The molecule has 0 spiro atoms. The van der Waals surface area contributed by atoms with Gasteiger partial charge in [-0.05, 0) is 29.7 Å². The number of carbonyl (C=O) groups is 1. The Hall–Kier alpha value is -1.84. The Morgan fingerprint density at radius 1 is 1.05 bits per heavy atom. The van der Waals surface area contributed by atoms with Gasteiger partial charge in [-0.3, -0.25) is 4.79 Å². The first kappa shape index (κ1) is 18.2. The molecule has 3 nitrogen and oxygen atoms in total. The Labute approximate surface area is 138 Å². The third-order valence-electron chi connectivity index (χ3n) is 3.53. The molecule has 2 N–H and O–H groups in total.